The summed E-state index contributed by atoms with van der Waals surface area (Å²) in [4.78, 5) is 19.2. The van der Waals surface area contributed by atoms with Crippen LogP contribution in [0.15, 0.2) is 30.3 Å². The first kappa shape index (κ1) is 17.2. The molecule has 1 atom stereocenters. The van der Waals surface area contributed by atoms with Gasteiger partial charge in [0.2, 0.25) is 5.91 Å². The molecular formula is C20H27N5O. The number of hydrogen-bond donors (Lipinski definition) is 2. The average Bonchev–Trinajstić information content (AvgIpc) is 3.39. The van der Waals surface area contributed by atoms with Crippen molar-refractivity contribution < 1.29 is 4.79 Å². The summed E-state index contributed by atoms with van der Waals surface area (Å²) in [5.41, 5.74) is 1.03. The first-order chi connectivity index (χ1) is 12.8. The second kappa shape index (κ2) is 7.99. The van der Waals surface area contributed by atoms with Gasteiger partial charge in [0.25, 0.3) is 0 Å². The maximum atomic E-state index is 12.5. The first-order valence-corrected chi connectivity index (χ1v) is 9.76. The van der Waals surface area contributed by atoms with Gasteiger partial charge in [0.15, 0.2) is 5.82 Å². The summed E-state index contributed by atoms with van der Waals surface area (Å²) in [6.45, 7) is 3.83. The number of benzene rings is 1. The third-order valence-corrected chi connectivity index (χ3v) is 5.70. The molecule has 1 amide bonds. The Bertz CT molecular complexity index is 715. The number of carbonyl (C=O) groups excluding carboxylic acids is 1. The minimum atomic E-state index is 0.317. The summed E-state index contributed by atoms with van der Waals surface area (Å²) < 4.78 is 0. The minimum absolute atomic E-state index is 0.317. The highest BCUT2D eigenvalue weighted by atomic mass is 16.2. The smallest absolute Gasteiger partial charge is 0.222 e. The van der Waals surface area contributed by atoms with E-state index in [2.05, 4.69) is 20.5 Å². The number of aromatic amines is 1. The molecule has 6 heteroatoms. The Kier molecular flexibility index (Phi) is 5.29. The number of hydrogen-bond acceptors (Lipinski definition) is 4. The van der Waals surface area contributed by atoms with E-state index in [1.54, 1.807) is 0 Å². The van der Waals surface area contributed by atoms with E-state index in [4.69, 9.17) is 0 Å². The van der Waals surface area contributed by atoms with Crippen LogP contribution in [0.4, 0.5) is 0 Å². The predicted octanol–water partition coefficient (Wildman–Crippen LogP) is 2.57. The SMILES string of the molecule is O=C(CCC1CCNC1)N1CCC(c2nc(-c3ccccc3)n[nH]2)CC1. The standard InChI is InChI=1S/C20H27N5O/c26-18(7-6-15-8-11-21-14-15)25-12-9-17(10-13-25)20-22-19(23-24-20)16-4-2-1-3-5-16/h1-5,15,17,21H,6-14H2,(H,22,23,24). The molecule has 2 aliphatic heterocycles. The van der Waals surface area contributed by atoms with E-state index in [9.17, 15) is 4.79 Å². The summed E-state index contributed by atoms with van der Waals surface area (Å²) in [7, 11) is 0. The van der Waals surface area contributed by atoms with Gasteiger partial charge in [-0.1, -0.05) is 30.3 Å². The molecule has 2 N–H and O–H groups in total. The Hall–Kier alpha value is -2.21. The van der Waals surface area contributed by atoms with E-state index in [-0.39, 0.29) is 0 Å². The number of nitrogens with one attached hydrogen (secondary N) is 2. The van der Waals surface area contributed by atoms with Gasteiger partial charge in [0.1, 0.15) is 5.82 Å². The summed E-state index contributed by atoms with van der Waals surface area (Å²) in [5, 5.41) is 10.8. The van der Waals surface area contributed by atoms with Crippen LogP contribution < -0.4 is 5.32 Å². The van der Waals surface area contributed by atoms with Gasteiger partial charge in [-0.3, -0.25) is 9.89 Å². The highest BCUT2D eigenvalue weighted by Crippen LogP contribution is 2.27. The van der Waals surface area contributed by atoms with Gasteiger partial charge in [-0.2, -0.15) is 5.10 Å². The van der Waals surface area contributed by atoms with E-state index >= 15 is 0 Å². The molecule has 3 heterocycles. The van der Waals surface area contributed by atoms with E-state index in [1.165, 1.54) is 6.42 Å². The van der Waals surface area contributed by atoms with Crippen molar-refractivity contribution >= 4 is 5.91 Å². The molecule has 26 heavy (non-hydrogen) atoms. The summed E-state index contributed by atoms with van der Waals surface area (Å²) in [5.74, 6) is 3.07. The third kappa shape index (κ3) is 3.96. The molecule has 2 saturated heterocycles. The van der Waals surface area contributed by atoms with Crippen molar-refractivity contribution in [2.24, 2.45) is 5.92 Å². The van der Waals surface area contributed by atoms with Gasteiger partial charge in [0, 0.05) is 31.0 Å². The molecule has 2 aromatic rings. The number of aromatic nitrogens is 3. The van der Waals surface area contributed by atoms with Gasteiger partial charge >= 0.3 is 0 Å². The van der Waals surface area contributed by atoms with E-state index in [0.29, 0.717) is 24.2 Å². The second-order valence-corrected chi connectivity index (χ2v) is 7.46. The second-order valence-electron chi connectivity index (χ2n) is 7.46. The first-order valence-electron chi connectivity index (χ1n) is 9.76. The fourth-order valence-corrected chi connectivity index (χ4v) is 4.02. The normalized spacial score (nSPS) is 21.2. The van der Waals surface area contributed by atoms with Crippen molar-refractivity contribution in [3.8, 4) is 11.4 Å². The zero-order chi connectivity index (χ0) is 17.8. The number of piperidine rings is 1. The predicted molar refractivity (Wildman–Crippen MR) is 101 cm³/mol. The molecule has 6 nitrogen and oxygen atoms in total. The molecule has 0 spiro atoms. The Morgan fingerprint density at radius 3 is 2.69 bits per heavy atom. The molecule has 0 saturated carbocycles. The summed E-state index contributed by atoms with van der Waals surface area (Å²) >= 11 is 0. The lowest BCUT2D eigenvalue weighted by molar-refractivity contribution is -0.132. The van der Waals surface area contributed by atoms with Crippen LogP contribution >= 0.6 is 0 Å². The van der Waals surface area contributed by atoms with Crippen LogP contribution in [-0.4, -0.2) is 52.2 Å². The summed E-state index contributed by atoms with van der Waals surface area (Å²) in [6.07, 6.45) is 4.84. The monoisotopic (exact) mass is 353 g/mol. The quantitative estimate of drug-likeness (QED) is 0.866. The van der Waals surface area contributed by atoms with Gasteiger partial charge in [-0.15, -0.1) is 0 Å². The minimum Gasteiger partial charge on any atom is -0.343 e. The lowest BCUT2D eigenvalue weighted by atomic mass is 9.95. The third-order valence-electron chi connectivity index (χ3n) is 5.70. The molecule has 138 valence electrons. The van der Waals surface area contributed by atoms with Gasteiger partial charge in [-0.05, 0) is 44.7 Å². The topological polar surface area (TPSA) is 73.9 Å². The van der Waals surface area contributed by atoms with E-state index in [0.717, 1.165) is 62.7 Å². The van der Waals surface area contributed by atoms with Crippen molar-refractivity contribution in [3.05, 3.63) is 36.2 Å². The fourth-order valence-electron chi connectivity index (χ4n) is 4.02. The van der Waals surface area contributed by atoms with Crippen LogP contribution in [0, 0.1) is 5.92 Å². The molecule has 0 aliphatic carbocycles. The number of carbonyl (C=O) groups is 1. The van der Waals surface area contributed by atoms with Crippen LogP contribution in [0.25, 0.3) is 11.4 Å². The fraction of sp³-hybridized carbons (Fsp3) is 0.550. The molecule has 2 fully saturated rings. The van der Waals surface area contributed by atoms with Crippen molar-refractivity contribution in [2.45, 2.75) is 38.0 Å². The van der Waals surface area contributed by atoms with Crippen LogP contribution in [0.2, 0.25) is 0 Å². The molecule has 0 radical (unpaired) electrons. The Morgan fingerprint density at radius 2 is 1.96 bits per heavy atom. The molecule has 1 aromatic carbocycles. The van der Waals surface area contributed by atoms with Crippen LogP contribution in [-0.2, 0) is 4.79 Å². The Labute approximate surface area is 154 Å². The average molecular weight is 353 g/mol. The maximum absolute atomic E-state index is 12.5. The lowest BCUT2D eigenvalue weighted by Gasteiger charge is -2.31. The number of amides is 1. The zero-order valence-electron chi connectivity index (χ0n) is 15.2. The van der Waals surface area contributed by atoms with Crippen LogP contribution in [0.1, 0.15) is 43.8 Å². The molecule has 4 rings (SSSR count). The van der Waals surface area contributed by atoms with Crippen molar-refractivity contribution in [2.75, 3.05) is 26.2 Å². The van der Waals surface area contributed by atoms with Crippen molar-refractivity contribution in [1.29, 1.82) is 0 Å². The number of nitrogens with zero attached hydrogens (tertiary/aromatic N) is 3. The summed E-state index contributed by atoms with van der Waals surface area (Å²) in [6, 6.07) is 10.0. The maximum Gasteiger partial charge on any atom is 0.222 e. The Balaban J connectivity index is 1.28. The molecule has 2 aliphatic rings. The largest absolute Gasteiger partial charge is 0.343 e. The van der Waals surface area contributed by atoms with Crippen molar-refractivity contribution in [1.82, 2.24) is 25.4 Å². The lowest BCUT2D eigenvalue weighted by Crippen LogP contribution is -2.38. The van der Waals surface area contributed by atoms with Gasteiger partial charge in [0.05, 0.1) is 0 Å². The Morgan fingerprint density at radius 1 is 1.15 bits per heavy atom. The van der Waals surface area contributed by atoms with Gasteiger partial charge < -0.3 is 10.2 Å². The van der Waals surface area contributed by atoms with Gasteiger partial charge in [-0.25, -0.2) is 4.98 Å². The number of likely N-dealkylation sites (tertiary alicyclic amines) is 1. The van der Waals surface area contributed by atoms with Crippen LogP contribution in [0.5, 0.6) is 0 Å². The van der Waals surface area contributed by atoms with Crippen LogP contribution in [0.3, 0.4) is 0 Å². The molecule has 0 bridgehead atoms. The number of H-pyrrole nitrogens is 1. The highest BCUT2D eigenvalue weighted by Gasteiger charge is 2.26. The van der Waals surface area contributed by atoms with E-state index < -0.39 is 0 Å². The zero-order valence-corrected chi connectivity index (χ0v) is 15.2. The highest BCUT2D eigenvalue weighted by molar-refractivity contribution is 5.76. The van der Waals surface area contributed by atoms with Crippen molar-refractivity contribution in [3.63, 3.8) is 0 Å². The molecule has 1 unspecified atom stereocenters. The molecular weight excluding hydrogens is 326 g/mol. The molecule has 1 aromatic heterocycles. The number of rotatable bonds is 5. The van der Waals surface area contributed by atoms with E-state index in [1.807, 2.05) is 35.2 Å².